The molecule has 1 aliphatic rings. The molecule has 0 unspecified atom stereocenters. The fourth-order valence-electron chi connectivity index (χ4n) is 4.30. The van der Waals surface area contributed by atoms with E-state index >= 15 is 0 Å². The summed E-state index contributed by atoms with van der Waals surface area (Å²) < 4.78 is 33.5. The summed E-state index contributed by atoms with van der Waals surface area (Å²) in [7, 11) is -0.631. The van der Waals surface area contributed by atoms with Crippen LogP contribution in [-0.4, -0.2) is 66.2 Å². The Morgan fingerprint density at radius 3 is 2.60 bits per heavy atom. The zero-order valence-electron chi connectivity index (χ0n) is 20.2. The number of amides is 1. The molecule has 0 spiro atoms. The van der Waals surface area contributed by atoms with E-state index < -0.39 is 21.9 Å². The zero-order valence-corrected chi connectivity index (χ0v) is 21.0. The van der Waals surface area contributed by atoms with Gasteiger partial charge >= 0.3 is 5.97 Å². The summed E-state index contributed by atoms with van der Waals surface area (Å²) in [6, 6.07) is 14.7. The Morgan fingerprint density at radius 2 is 1.91 bits per heavy atom. The molecule has 3 aromatic rings. The molecule has 0 aliphatic carbocycles. The highest BCUT2D eigenvalue weighted by Gasteiger charge is 2.35. The van der Waals surface area contributed by atoms with Crippen molar-refractivity contribution >= 4 is 32.9 Å². The van der Waals surface area contributed by atoms with E-state index in [4.69, 9.17) is 4.74 Å². The van der Waals surface area contributed by atoms with Gasteiger partial charge in [0, 0.05) is 40.2 Å². The number of ether oxygens (including phenoxy) is 1. The predicted molar refractivity (Wildman–Crippen MR) is 131 cm³/mol. The molecule has 1 aromatic heterocycles. The number of hydrogen-bond donors (Lipinski definition) is 0. The third-order valence-electron chi connectivity index (χ3n) is 6.30. The van der Waals surface area contributed by atoms with Gasteiger partial charge in [0.2, 0.25) is 15.9 Å². The third-order valence-corrected chi connectivity index (χ3v) is 8.11. The molecule has 0 bridgehead atoms. The Morgan fingerprint density at radius 1 is 1.17 bits per heavy atom. The van der Waals surface area contributed by atoms with Crippen LogP contribution >= 0.6 is 0 Å². The van der Waals surface area contributed by atoms with Crippen LogP contribution in [0.1, 0.15) is 24.7 Å². The van der Waals surface area contributed by atoms with Gasteiger partial charge in [-0.3, -0.25) is 9.59 Å². The van der Waals surface area contributed by atoms with E-state index in [2.05, 4.69) is 4.98 Å². The lowest BCUT2D eigenvalue weighted by molar-refractivity contribution is -0.150. The van der Waals surface area contributed by atoms with E-state index in [-0.39, 0.29) is 23.8 Å². The quantitative estimate of drug-likeness (QED) is 0.420. The second-order valence-electron chi connectivity index (χ2n) is 8.79. The average Bonchev–Trinajstić information content (AvgIpc) is 3.40. The molecule has 2 heterocycles. The minimum atomic E-state index is -3.59. The standard InChI is InChI=1S/C25H30N4O5S/c1-4-29-22-11-10-20(35(32,33)27(2)3)15-21(22)26-23(29)17-34-25(31)19-14-24(30)28(16-19)13-12-18-8-6-5-7-9-18/h5-11,15,19H,4,12-14,16-17H2,1-3H3/t19-/m0/s1. The van der Waals surface area contributed by atoms with Crippen LogP contribution in [0.15, 0.2) is 53.4 Å². The molecule has 9 nitrogen and oxygen atoms in total. The Labute approximate surface area is 205 Å². The molecular weight excluding hydrogens is 468 g/mol. The number of aryl methyl sites for hydroxylation is 1. The van der Waals surface area contributed by atoms with Crippen LogP contribution in [0.2, 0.25) is 0 Å². The highest BCUT2D eigenvalue weighted by molar-refractivity contribution is 7.89. The first-order chi connectivity index (χ1) is 16.7. The van der Waals surface area contributed by atoms with Gasteiger partial charge in [0.05, 0.1) is 21.8 Å². The first-order valence-electron chi connectivity index (χ1n) is 11.6. The third kappa shape index (κ3) is 5.23. The second kappa shape index (κ2) is 10.2. The Bertz CT molecular complexity index is 1330. The number of aromatic nitrogens is 2. The minimum absolute atomic E-state index is 0.0432. The summed E-state index contributed by atoms with van der Waals surface area (Å²) in [4.78, 5) is 31.6. The first-order valence-corrected chi connectivity index (χ1v) is 13.0. The van der Waals surface area contributed by atoms with Crippen molar-refractivity contribution in [3.63, 3.8) is 0 Å². The molecule has 1 fully saturated rings. The van der Waals surface area contributed by atoms with Crippen molar-refractivity contribution in [3.05, 3.63) is 59.9 Å². The maximum absolute atomic E-state index is 12.7. The van der Waals surface area contributed by atoms with Gasteiger partial charge in [0.15, 0.2) is 0 Å². The molecule has 0 radical (unpaired) electrons. The van der Waals surface area contributed by atoms with Crippen LogP contribution in [0.5, 0.6) is 0 Å². The van der Waals surface area contributed by atoms with Crippen LogP contribution in [0.4, 0.5) is 0 Å². The molecule has 1 amide bonds. The van der Waals surface area contributed by atoms with Crippen molar-refractivity contribution in [2.45, 2.75) is 37.8 Å². The van der Waals surface area contributed by atoms with Crippen molar-refractivity contribution in [3.8, 4) is 0 Å². The molecule has 2 aromatic carbocycles. The fraction of sp³-hybridized carbons (Fsp3) is 0.400. The number of sulfonamides is 1. The smallest absolute Gasteiger partial charge is 0.311 e. The molecular formula is C25H30N4O5S. The summed E-state index contributed by atoms with van der Waals surface area (Å²) >= 11 is 0. The number of hydrogen-bond acceptors (Lipinski definition) is 6. The zero-order chi connectivity index (χ0) is 25.2. The number of imidazole rings is 1. The lowest BCUT2D eigenvalue weighted by Gasteiger charge is -2.16. The largest absolute Gasteiger partial charge is 0.457 e. The minimum Gasteiger partial charge on any atom is -0.457 e. The molecule has 10 heteroatoms. The van der Waals surface area contributed by atoms with Crippen LogP contribution in [0, 0.1) is 5.92 Å². The van der Waals surface area contributed by atoms with Crippen LogP contribution in [0.25, 0.3) is 11.0 Å². The first kappa shape index (κ1) is 24.9. The molecule has 0 saturated carbocycles. The summed E-state index contributed by atoms with van der Waals surface area (Å²) in [5.74, 6) is -0.445. The van der Waals surface area contributed by atoms with Gasteiger partial charge in [-0.05, 0) is 37.1 Å². The van der Waals surface area contributed by atoms with Gasteiger partial charge in [-0.2, -0.15) is 0 Å². The van der Waals surface area contributed by atoms with Crippen molar-refractivity contribution in [1.29, 1.82) is 0 Å². The van der Waals surface area contributed by atoms with Crippen LogP contribution in [-0.2, 0) is 43.9 Å². The van der Waals surface area contributed by atoms with E-state index in [1.807, 2.05) is 41.8 Å². The Balaban J connectivity index is 1.41. The van der Waals surface area contributed by atoms with E-state index in [0.717, 1.165) is 21.8 Å². The summed E-state index contributed by atoms with van der Waals surface area (Å²) in [6.45, 7) is 3.39. The monoisotopic (exact) mass is 498 g/mol. The molecule has 186 valence electrons. The van der Waals surface area contributed by atoms with Gasteiger partial charge in [0.25, 0.3) is 0 Å². The molecule has 1 atom stereocenters. The number of carbonyl (C=O) groups is 2. The normalized spacial score (nSPS) is 16.4. The van der Waals surface area contributed by atoms with E-state index in [0.29, 0.717) is 31.0 Å². The van der Waals surface area contributed by atoms with Crippen LogP contribution < -0.4 is 0 Å². The number of nitrogens with zero attached hydrogens (tertiary/aromatic N) is 4. The van der Waals surface area contributed by atoms with Crippen LogP contribution in [0.3, 0.4) is 0 Å². The highest BCUT2D eigenvalue weighted by Crippen LogP contribution is 2.24. The van der Waals surface area contributed by atoms with E-state index in [1.54, 1.807) is 17.0 Å². The summed E-state index contributed by atoms with van der Waals surface area (Å²) in [6.07, 6.45) is 0.879. The number of fused-ring (bicyclic) bond motifs is 1. The van der Waals surface area contributed by atoms with E-state index in [9.17, 15) is 18.0 Å². The van der Waals surface area contributed by atoms with Crippen molar-refractivity contribution in [2.75, 3.05) is 27.2 Å². The summed E-state index contributed by atoms with van der Waals surface area (Å²) in [5.41, 5.74) is 2.43. The molecule has 4 rings (SSSR count). The molecule has 1 saturated heterocycles. The number of esters is 1. The number of likely N-dealkylation sites (tertiary alicyclic amines) is 1. The predicted octanol–water partition coefficient (Wildman–Crippen LogP) is 2.44. The molecule has 35 heavy (non-hydrogen) atoms. The van der Waals surface area contributed by atoms with Gasteiger partial charge < -0.3 is 14.2 Å². The molecule has 0 N–H and O–H groups in total. The van der Waals surface area contributed by atoms with Gasteiger partial charge in [-0.25, -0.2) is 17.7 Å². The van der Waals surface area contributed by atoms with Crippen molar-refractivity contribution in [2.24, 2.45) is 5.92 Å². The van der Waals surface area contributed by atoms with Gasteiger partial charge in [0.1, 0.15) is 12.4 Å². The van der Waals surface area contributed by atoms with Gasteiger partial charge in [-0.15, -0.1) is 0 Å². The number of carbonyl (C=O) groups excluding carboxylic acids is 2. The fourth-order valence-corrected chi connectivity index (χ4v) is 5.22. The average molecular weight is 499 g/mol. The SMILES string of the molecule is CCn1c(COC(=O)[C@H]2CC(=O)N(CCc3ccccc3)C2)nc2cc(S(=O)(=O)N(C)C)ccc21. The highest BCUT2D eigenvalue weighted by atomic mass is 32.2. The second-order valence-corrected chi connectivity index (χ2v) is 10.9. The van der Waals surface area contributed by atoms with Crippen molar-refractivity contribution in [1.82, 2.24) is 18.8 Å². The Hall–Kier alpha value is -3.24. The lowest BCUT2D eigenvalue weighted by Crippen LogP contribution is -2.29. The van der Waals surface area contributed by atoms with E-state index in [1.165, 1.54) is 20.2 Å². The van der Waals surface area contributed by atoms with Crippen molar-refractivity contribution < 1.29 is 22.7 Å². The summed E-state index contributed by atoms with van der Waals surface area (Å²) in [5, 5.41) is 0. The lowest BCUT2D eigenvalue weighted by atomic mass is 10.1. The maximum Gasteiger partial charge on any atom is 0.311 e. The molecule has 1 aliphatic heterocycles. The Kier molecular flexibility index (Phi) is 7.23. The van der Waals surface area contributed by atoms with Gasteiger partial charge in [-0.1, -0.05) is 30.3 Å². The number of benzene rings is 2. The maximum atomic E-state index is 12.7. The number of rotatable bonds is 9. The topological polar surface area (TPSA) is 102 Å².